The van der Waals surface area contributed by atoms with Gasteiger partial charge in [0.05, 0.1) is 16.3 Å². The number of carbonyl (C=O) groups is 1. The van der Waals surface area contributed by atoms with Crippen molar-refractivity contribution < 1.29 is 14.2 Å². The molecule has 0 atom stereocenters. The first kappa shape index (κ1) is 15.8. The van der Waals surface area contributed by atoms with Crippen LogP contribution in [0.4, 0.5) is 5.69 Å². The van der Waals surface area contributed by atoms with E-state index in [1.807, 2.05) is 17.5 Å². The Hall–Kier alpha value is -3.07. The van der Waals surface area contributed by atoms with Crippen LogP contribution in [-0.4, -0.2) is 21.0 Å². The number of amides is 1. The van der Waals surface area contributed by atoms with Gasteiger partial charge in [0, 0.05) is 17.2 Å². The third-order valence-corrected chi connectivity index (χ3v) is 4.22. The molecule has 24 heavy (non-hydrogen) atoms. The second kappa shape index (κ2) is 6.59. The molecule has 0 saturated heterocycles. The van der Waals surface area contributed by atoms with Gasteiger partial charge in [0.1, 0.15) is 0 Å². The number of nitro benzene ring substituents is 1. The smallest absolute Gasteiger partial charge is 0.273 e. The molecular formula is C15H12N4O4S. The Balaban J connectivity index is 1.70. The Morgan fingerprint density at radius 2 is 2.21 bits per heavy atom. The Morgan fingerprint density at radius 1 is 1.38 bits per heavy atom. The molecule has 1 aromatic carbocycles. The van der Waals surface area contributed by atoms with Crippen LogP contribution in [0.25, 0.3) is 10.7 Å². The van der Waals surface area contributed by atoms with Gasteiger partial charge in [-0.25, -0.2) is 0 Å². The molecule has 0 saturated carbocycles. The van der Waals surface area contributed by atoms with Gasteiger partial charge in [-0.2, -0.15) is 4.98 Å². The summed E-state index contributed by atoms with van der Waals surface area (Å²) < 4.78 is 5.09. The SMILES string of the molecule is Cc1c(C(=O)NCc2nc(-c3cccs3)no2)cccc1[N+](=O)[O-]. The Kier molecular flexibility index (Phi) is 4.34. The van der Waals surface area contributed by atoms with Crippen LogP contribution in [0, 0.1) is 17.0 Å². The molecule has 0 aliphatic rings. The molecule has 1 N–H and O–H groups in total. The summed E-state index contributed by atoms with van der Waals surface area (Å²) in [6.45, 7) is 1.58. The van der Waals surface area contributed by atoms with Gasteiger partial charge in [0.25, 0.3) is 11.6 Å². The molecule has 0 fully saturated rings. The Bertz CT molecular complexity index is 889. The van der Waals surface area contributed by atoms with Gasteiger partial charge in [-0.05, 0) is 24.4 Å². The molecule has 8 nitrogen and oxygen atoms in total. The summed E-state index contributed by atoms with van der Waals surface area (Å²) in [5.74, 6) is 0.280. The van der Waals surface area contributed by atoms with Crippen LogP contribution in [0.1, 0.15) is 21.8 Å². The van der Waals surface area contributed by atoms with Gasteiger partial charge in [0.15, 0.2) is 0 Å². The largest absolute Gasteiger partial charge is 0.343 e. The minimum atomic E-state index is -0.516. The van der Waals surface area contributed by atoms with Gasteiger partial charge in [-0.1, -0.05) is 17.3 Å². The van der Waals surface area contributed by atoms with E-state index in [1.165, 1.54) is 36.5 Å². The molecule has 122 valence electrons. The lowest BCUT2D eigenvalue weighted by Gasteiger charge is -2.06. The summed E-state index contributed by atoms with van der Waals surface area (Å²) in [7, 11) is 0. The number of hydrogen-bond donors (Lipinski definition) is 1. The number of rotatable bonds is 5. The highest BCUT2D eigenvalue weighted by atomic mass is 32.1. The van der Waals surface area contributed by atoms with Crippen LogP contribution < -0.4 is 5.32 Å². The highest BCUT2D eigenvalue weighted by Crippen LogP contribution is 2.22. The van der Waals surface area contributed by atoms with E-state index in [0.717, 1.165) is 4.88 Å². The fraction of sp³-hybridized carbons (Fsp3) is 0.133. The summed E-state index contributed by atoms with van der Waals surface area (Å²) >= 11 is 1.48. The van der Waals surface area contributed by atoms with Crippen LogP contribution in [0.5, 0.6) is 0 Å². The number of carbonyl (C=O) groups excluding carboxylic acids is 1. The average Bonchev–Trinajstić information content (AvgIpc) is 3.23. The molecule has 1 amide bonds. The maximum absolute atomic E-state index is 12.2. The monoisotopic (exact) mass is 344 g/mol. The number of nitrogens with zero attached hydrogens (tertiary/aromatic N) is 3. The third kappa shape index (κ3) is 3.15. The highest BCUT2D eigenvalue weighted by Gasteiger charge is 2.18. The molecule has 0 aliphatic heterocycles. The van der Waals surface area contributed by atoms with Crippen molar-refractivity contribution in [2.75, 3.05) is 0 Å². The topological polar surface area (TPSA) is 111 Å². The van der Waals surface area contributed by atoms with Crippen LogP contribution in [0.15, 0.2) is 40.2 Å². The molecule has 0 bridgehead atoms. The lowest BCUT2D eigenvalue weighted by atomic mass is 10.1. The standard InChI is InChI=1S/C15H12N4O4S/c1-9-10(4-2-5-11(9)19(21)22)15(20)16-8-13-17-14(18-23-13)12-6-3-7-24-12/h2-7H,8H2,1H3,(H,16,20). The maximum atomic E-state index is 12.2. The van der Waals surface area contributed by atoms with E-state index in [9.17, 15) is 14.9 Å². The molecule has 3 aromatic rings. The van der Waals surface area contributed by atoms with E-state index in [-0.39, 0.29) is 23.7 Å². The van der Waals surface area contributed by atoms with Gasteiger partial charge in [-0.3, -0.25) is 14.9 Å². The Morgan fingerprint density at radius 3 is 2.92 bits per heavy atom. The molecule has 0 radical (unpaired) electrons. The highest BCUT2D eigenvalue weighted by molar-refractivity contribution is 7.13. The lowest BCUT2D eigenvalue weighted by Crippen LogP contribution is -2.24. The second-order valence-corrected chi connectivity index (χ2v) is 5.83. The van der Waals surface area contributed by atoms with Crippen LogP contribution in [0.3, 0.4) is 0 Å². The Labute approximate surface area is 140 Å². The van der Waals surface area contributed by atoms with Gasteiger partial charge >= 0.3 is 0 Å². The summed E-state index contributed by atoms with van der Waals surface area (Å²) in [6.07, 6.45) is 0. The summed E-state index contributed by atoms with van der Waals surface area (Å²) in [5, 5.41) is 19.3. The normalized spacial score (nSPS) is 10.5. The van der Waals surface area contributed by atoms with E-state index < -0.39 is 10.8 Å². The zero-order valence-corrected chi connectivity index (χ0v) is 13.4. The van der Waals surface area contributed by atoms with Crippen molar-refractivity contribution in [1.82, 2.24) is 15.5 Å². The summed E-state index contributed by atoms with van der Waals surface area (Å²) in [6, 6.07) is 8.11. The molecule has 2 aromatic heterocycles. The van der Waals surface area contributed by atoms with E-state index in [0.29, 0.717) is 11.4 Å². The average molecular weight is 344 g/mol. The first-order valence-corrected chi connectivity index (χ1v) is 7.83. The number of aromatic nitrogens is 2. The minimum Gasteiger partial charge on any atom is -0.343 e. The van der Waals surface area contributed by atoms with Gasteiger partial charge in [0.2, 0.25) is 11.7 Å². The molecule has 0 unspecified atom stereocenters. The molecule has 0 aliphatic carbocycles. The fourth-order valence-electron chi connectivity index (χ4n) is 2.15. The number of nitro groups is 1. The van der Waals surface area contributed by atoms with Crippen molar-refractivity contribution in [3.63, 3.8) is 0 Å². The molecule has 9 heteroatoms. The molecule has 3 rings (SSSR count). The van der Waals surface area contributed by atoms with E-state index >= 15 is 0 Å². The van der Waals surface area contributed by atoms with Crippen molar-refractivity contribution in [3.05, 3.63) is 62.8 Å². The second-order valence-electron chi connectivity index (χ2n) is 4.88. The van der Waals surface area contributed by atoms with Crippen molar-refractivity contribution in [1.29, 1.82) is 0 Å². The zero-order valence-electron chi connectivity index (χ0n) is 12.6. The lowest BCUT2D eigenvalue weighted by molar-refractivity contribution is -0.385. The van der Waals surface area contributed by atoms with Crippen molar-refractivity contribution in [2.45, 2.75) is 13.5 Å². The predicted octanol–water partition coefficient (Wildman–Crippen LogP) is 2.94. The first-order chi connectivity index (χ1) is 11.6. The van der Waals surface area contributed by atoms with Crippen LogP contribution >= 0.6 is 11.3 Å². The van der Waals surface area contributed by atoms with Crippen molar-refractivity contribution >= 4 is 22.9 Å². The number of thiophene rings is 1. The van der Waals surface area contributed by atoms with E-state index in [1.54, 1.807) is 0 Å². The van der Waals surface area contributed by atoms with Crippen LogP contribution in [-0.2, 0) is 6.54 Å². The van der Waals surface area contributed by atoms with Crippen molar-refractivity contribution in [3.8, 4) is 10.7 Å². The summed E-state index contributed by atoms with van der Waals surface area (Å²) in [5.41, 5.74) is 0.451. The zero-order chi connectivity index (χ0) is 17.1. The molecular weight excluding hydrogens is 332 g/mol. The predicted molar refractivity (Wildman–Crippen MR) is 86.6 cm³/mol. The minimum absolute atomic E-state index is 0.0410. The third-order valence-electron chi connectivity index (χ3n) is 3.36. The number of benzene rings is 1. The number of nitrogens with one attached hydrogen (secondary N) is 1. The van der Waals surface area contributed by atoms with Crippen molar-refractivity contribution in [2.24, 2.45) is 0 Å². The fourth-order valence-corrected chi connectivity index (χ4v) is 2.80. The first-order valence-electron chi connectivity index (χ1n) is 6.95. The molecule has 0 spiro atoms. The number of hydrogen-bond acceptors (Lipinski definition) is 7. The quantitative estimate of drug-likeness (QED) is 0.562. The summed E-state index contributed by atoms with van der Waals surface area (Å²) in [4.78, 5) is 27.7. The van der Waals surface area contributed by atoms with E-state index in [4.69, 9.17) is 4.52 Å². The van der Waals surface area contributed by atoms with Crippen LogP contribution in [0.2, 0.25) is 0 Å². The maximum Gasteiger partial charge on any atom is 0.273 e. The van der Waals surface area contributed by atoms with Gasteiger partial charge in [-0.15, -0.1) is 11.3 Å². The van der Waals surface area contributed by atoms with E-state index in [2.05, 4.69) is 15.5 Å². The molecule has 2 heterocycles. The van der Waals surface area contributed by atoms with Gasteiger partial charge < -0.3 is 9.84 Å².